The molecular weight excluding hydrogens is 244 g/mol. The van der Waals surface area contributed by atoms with Crippen LogP contribution >= 0.6 is 11.6 Å². The lowest BCUT2D eigenvalue weighted by atomic mass is 9.93. The molecule has 1 aliphatic rings. The molecule has 2 heteroatoms. The van der Waals surface area contributed by atoms with Crippen LogP contribution in [0.25, 0.3) is 0 Å². The minimum absolute atomic E-state index is 0.00784. The Bertz CT molecular complexity index is 572. The molecule has 92 valence electrons. The Hall–Kier alpha value is -1.31. The van der Waals surface area contributed by atoms with Crippen LogP contribution < -0.4 is 0 Å². The summed E-state index contributed by atoms with van der Waals surface area (Å²) in [4.78, 5) is 0. The number of hydrogen-bond donors (Lipinski definition) is 0. The highest BCUT2D eigenvalue weighted by Crippen LogP contribution is 2.45. The van der Waals surface area contributed by atoms with E-state index in [9.17, 15) is 0 Å². The molecule has 0 amide bonds. The van der Waals surface area contributed by atoms with Crippen LogP contribution in [-0.4, -0.2) is 0 Å². The number of fused-ring (bicyclic) bond motifs is 1. The average Bonchev–Trinajstić information content (AvgIpc) is 2.63. The van der Waals surface area contributed by atoms with Crippen molar-refractivity contribution in [1.82, 2.24) is 0 Å². The predicted octanol–water partition coefficient (Wildman–Crippen LogP) is 4.69. The molecule has 1 nitrogen and oxygen atoms in total. The smallest absolute Gasteiger partial charge is 0.109 e. The van der Waals surface area contributed by atoms with E-state index in [1.807, 2.05) is 24.3 Å². The highest BCUT2D eigenvalue weighted by atomic mass is 35.5. The third-order valence-corrected chi connectivity index (χ3v) is 3.73. The predicted molar refractivity (Wildman–Crippen MR) is 73.8 cm³/mol. The molecule has 2 aromatic rings. The summed E-state index contributed by atoms with van der Waals surface area (Å²) in [5.74, 6) is 0. The Balaban J connectivity index is 2.08. The van der Waals surface area contributed by atoms with Gasteiger partial charge in [0.15, 0.2) is 0 Å². The van der Waals surface area contributed by atoms with Gasteiger partial charge in [0.25, 0.3) is 0 Å². The zero-order valence-electron chi connectivity index (χ0n) is 10.5. The lowest BCUT2D eigenvalue weighted by Crippen LogP contribution is -2.15. The van der Waals surface area contributed by atoms with E-state index in [-0.39, 0.29) is 11.7 Å². The van der Waals surface area contributed by atoms with Crippen LogP contribution in [0.2, 0.25) is 5.02 Å². The SMILES string of the molecule is CC1(C)OC(c2ccc(Cl)cc2)c2ccccc21. The molecule has 1 unspecified atom stereocenters. The molecule has 0 radical (unpaired) electrons. The fourth-order valence-electron chi connectivity index (χ4n) is 2.58. The van der Waals surface area contributed by atoms with E-state index in [0.29, 0.717) is 0 Å². The minimum atomic E-state index is -0.235. The Morgan fingerprint density at radius 3 is 2.39 bits per heavy atom. The number of benzene rings is 2. The van der Waals surface area contributed by atoms with Gasteiger partial charge >= 0.3 is 0 Å². The second kappa shape index (κ2) is 4.11. The molecule has 0 saturated heterocycles. The second-order valence-corrected chi connectivity index (χ2v) is 5.58. The van der Waals surface area contributed by atoms with Crippen LogP contribution in [0.4, 0.5) is 0 Å². The van der Waals surface area contributed by atoms with Gasteiger partial charge in [0.2, 0.25) is 0 Å². The molecule has 1 heterocycles. The van der Waals surface area contributed by atoms with Crippen molar-refractivity contribution in [3.8, 4) is 0 Å². The van der Waals surface area contributed by atoms with Crippen molar-refractivity contribution >= 4 is 11.6 Å². The van der Waals surface area contributed by atoms with E-state index in [4.69, 9.17) is 16.3 Å². The molecule has 0 fully saturated rings. The van der Waals surface area contributed by atoms with Crippen molar-refractivity contribution < 1.29 is 4.74 Å². The van der Waals surface area contributed by atoms with E-state index in [0.717, 1.165) is 10.6 Å². The molecule has 0 aliphatic carbocycles. The number of halogens is 1. The van der Waals surface area contributed by atoms with Gasteiger partial charge in [-0.1, -0.05) is 48.0 Å². The summed E-state index contributed by atoms with van der Waals surface area (Å²) < 4.78 is 6.20. The molecule has 0 N–H and O–H groups in total. The van der Waals surface area contributed by atoms with Gasteiger partial charge in [-0.25, -0.2) is 0 Å². The lowest BCUT2D eigenvalue weighted by Gasteiger charge is -2.20. The Kier molecular flexibility index (Phi) is 2.69. The highest BCUT2D eigenvalue weighted by Gasteiger charge is 2.37. The molecule has 3 rings (SSSR count). The lowest BCUT2D eigenvalue weighted by molar-refractivity contribution is -0.0340. The summed E-state index contributed by atoms with van der Waals surface area (Å²) in [6.07, 6.45) is 0.00784. The Morgan fingerprint density at radius 2 is 1.67 bits per heavy atom. The van der Waals surface area contributed by atoms with E-state index in [2.05, 4.69) is 38.1 Å². The maximum absolute atomic E-state index is 6.20. The molecular formula is C16H15ClO. The van der Waals surface area contributed by atoms with Gasteiger partial charge in [-0.3, -0.25) is 0 Å². The first-order chi connectivity index (χ1) is 8.58. The quantitative estimate of drug-likeness (QED) is 0.721. The monoisotopic (exact) mass is 258 g/mol. The van der Waals surface area contributed by atoms with E-state index < -0.39 is 0 Å². The maximum atomic E-state index is 6.20. The van der Waals surface area contributed by atoms with Gasteiger partial charge in [-0.15, -0.1) is 0 Å². The van der Waals surface area contributed by atoms with Gasteiger partial charge in [0.1, 0.15) is 6.10 Å². The van der Waals surface area contributed by atoms with Crippen molar-refractivity contribution in [2.75, 3.05) is 0 Å². The Labute approximate surface area is 112 Å². The molecule has 2 aromatic carbocycles. The molecule has 0 bridgehead atoms. The normalized spacial score (nSPS) is 20.7. The van der Waals surface area contributed by atoms with Gasteiger partial charge < -0.3 is 4.74 Å². The number of ether oxygens (including phenoxy) is 1. The van der Waals surface area contributed by atoms with Crippen LogP contribution in [0.15, 0.2) is 48.5 Å². The van der Waals surface area contributed by atoms with Crippen LogP contribution in [0, 0.1) is 0 Å². The number of rotatable bonds is 1. The summed E-state index contributed by atoms with van der Waals surface area (Å²) in [5.41, 5.74) is 3.44. The standard InChI is InChI=1S/C16H15ClO/c1-16(2)14-6-4-3-5-13(14)15(18-16)11-7-9-12(17)10-8-11/h3-10,15H,1-2H3. The van der Waals surface area contributed by atoms with Gasteiger partial charge in [-0.2, -0.15) is 0 Å². The van der Waals surface area contributed by atoms with Crippen LogP contribution in [-0.2, 0) is 10.3 Å². The summed E-state index contributed by atoms with van der Waals surface area (Å²) >= 11 is 5.93. The molecule has 1 atom stereocenters. The largest absolute Gasteiger partial charge is 0.358 e. The molecule has 0 spiro atoms. The second-order valence-electron chi connectivity index (χ2n) is 5.15. The highest BCUT2D eigenvalue weighted by molar-refractivity contribution is 6.30. The summed E-state index contributed by atoms with van der Waals surface area (Å²) in [5, 5.41) is 0.754. The van der Waals surface area contributed by atoms with E-state index in [1.54, 1.807) is 0 Å². The van der Waals surface area contributed by atoms with Gasteiger partial charge in [-0.05, 0) is 42.7 Å². The zero-order chi connectivity index (χ0) is 12.8. The fraction of sp³-hybridized carbons (Fsp3) is 0.250. The topological polar surface area (TPSA) is 9.23 Å². The molecule has 0 saturated carbocycles. The summed E-state index contributed by atoms with van der Waals surface area (Å²) in [6.45, 7) is 4.23. The summed E-state index contributed by atoms with van der Waals surface area (Å²) in [7, 11) is 0. The first kappa shape index (κ1) is 11.8. The first-order valence-corrected chi connectivity index (χ1v) is 6.48. The van der Waals surface area contributed by atoms with E-state index in [1.165, 1.54) is 11.1 Å². The third-order valence-electron chi connectivity index (χ3n) is 3.48. The van der Waals surface area contributed by atoms with Gasteiger partial charge in [0, 0.05) is 5.02 Å². The fourth-order valence-corrected chi connectivity index (χ4v) is 2.71. The molecule has 1 aliphatic heterocycles. The minimum Gasteiger partial charge on any atom is -0.358 e. The van der Waals surface area contributed by atoms with Crippen molar-refractivity contribution in [2.45, 2.75) is 25.6 Å². The van der Waals surface area contributed by atoms with Crippen molar-refractivity contribution in [2.24, 2.45) is 0 Å². The molecule has 18 heavy (non-hydrogen) atoms. The third kappa shape index (κ3) is 1.84. The van der Waals surface area contributed by atoms with Crippen molar-refractivity contribution in [3.63, 3.8) is 0 Å². The Morgan fingerprint density at radius 1 is 1.00 bits per heavy atom. The van der Waals surface area contributed by atoms with Crippen LogP contribution in [0.3, 0.4) is 0 Å². The zero-order valence-corrected chi connectivity index (χ0v) is 11.2. The van der Waals surface area contributed by atoms with Crippen molar-refractivity contribution in [3.05, 3.63) is 70.2 Å². The summed E-state index contributed by atoms with van der Waals surface area (Å²) in [6, 6.07) is 16.3. The van der Waals surface area contributed by atoms with Gasteiger partial charge in [0.05, 0.1) is 5.60 Å². The number of hydrogen-bond acceptors (Lipinski definition) is 1. The molecule has 0 aromatic heterocycles. The van der Waals surface area contributed by atoms with E-state index >= 15 is 0 Å². The van der Waals surface area contributed by atoms with Crippen LogP contribution in [0.1, 0.15) is 36.6 Å². The van der Waals surface area contributed by atoms with Crippen LogP contribution in [0.5, 0.6) is 0 Å². The first-order valence-electron chi connectivity index (χ1n) is 6.10. The maximum Gasteiger partial charge on any atom is 0.109 e. The average molecular weight is 259 g/mol. The van der Waals surface area contributed by atoms with Crippen molar-refractivity contribution in [1.29, 1.82) is 0 Å².